The molecule has 5 heteroatoms. The molecule has 0 atom stereocenters. The summed E-state index contributed by atoms with van der Waals surface area (Å²) in [4.78, 5) is 0. The van der Waals surface area contributed by atoms with E-state index in [4.69, 9.17) is 10.2 Å². The molecule has 0 amide bonds. The quantitative estimate of drug-likeness (QED) is 0.247. The van der Waals surface area contributed by atoms with Crippen LogP contribution in [0.5, 0.6) is 11.5 Å². The number of halogens is 2. The van der Waals surface area contributed by atoms with Gasteiger partial charge in [0.25, 0.3) is 0 Å². The maximum Gasteiger partial charge on any atom is 2.00 e. The molecule has 0 aromatic heterocycles. The van der Waals surface area contributed by atoms with E-state index < -0.39 is 0 Å². The van der Waals surface area contributed by atoms with Gasteiger partial charge in [-0.05, 0) is 69.4 Å². The molecule has 4 rings (SSSR count). The van der Waals surface area contributed by atoms with Gasteiger partial charge in [-0.2, -0.15) is 12.2 Å². The van der Waals surface area contributed by atoms with Gasteiger partial charge in [0.05, 0.1) is 7.14 Å². The molecule has 2 N–H and O–H groups in total. The van der Waals surface area contributed by atoms with E-state index in [0.717, 1.165) is 20.0 Å². The van der Waals surface area contributed by atoms with Crippen molar-refractivity contribution in [2.75, 3.05) is 0 Å². The van der Waals surface area contributed by atoms with Crippen LogP contribution >= 0.6 is 45.2 Å². The number of para-hydroxylation sites is 2. The predicted molar refractivity (Wildman–Crippen MR) is 125 cm³/mol. The van der Waals surface area contributed by atoms with Gasteiger partial charge in [-0.3, -0.25) is 12.2 Å². The first kappa shape index (κ1) is 26.3. The normalized spacial score (nSPS) is 11.9. The molecule has 2 nitrogen and oxygen atoms in total. The topological polar surface area (TPSA) is 40.5 Å². The molecule has 0 saturated carbocycles. The third-order valence-electron chi connectivity index (χ3n) is 2.88. The van der Waals surface area contributed by atoms with Gasteiger partial charge in [0.15, 0.2) is 0 Å². The first-order valence-electron chi connectivity index (χ1n) is 7.91. The van der Waals surface area contributed by atoms with Crippen LogP contribution in [0.1, 0.15) is 12.8 Å². The summed E-state index contributed by atoms with van der Waals surface area (Å²) in [5.41, 5.74) is 0. The Morgan fingerprint density at radius 3 is 1.19 bits per heavy atom. The van der Waals surface area contributed by atoms with Gasteiger partial charge < -0.3 is 10.2 Å². The summed E-state index contributed by atoms with van der Waals surface area (Å²) in [5.74, 6) is 0.709. The second-order valence-electron chi connectivity index (χ2n) is 4.91. The molecule has 0 unspecified atom stereocenters. The van der Waals surface area contributed by atoms with E-state index in [1.54, 1.807) is 24.3 Å². The van der Waals surface area contributed by atoms with Crippen LogP contribution in [0.25, 0.3) is 0 Å². The van der Waals surface area contributed by atoms with E-state index in [2.05, 4.69) is 69.5 Å². The summed E-state index contributed by atoms with van der Waals surface area (Å²) in [6.07, 6.45) is 20.0. The maximum absolute atomic E-state index is 8.91. The fourth-order valence-electron chi connectivity index (χ4n) is 1.58. The molecular weight excluding hydrogens is 641 g/mol. The first-order chi connectivity index (χ1) is 12.6. The number of allylic oxidation sites excluding steroid dienone is 8. The van der Waals surface area contributed by atoms with Gasteiger partial charge in [0.1, 0.15) is 11.5 Å². The Hall–Kier alpha value is -0.657. The zero-order valence-electron chi connectivity index (χ0n) is 14.6. The zero-order valence-corrected chi connectivity index (χ0v) is 21.4. The van der Waals surface area contributed by atoms with Crippen LogP contribution in [-0.4, -0.2) is 10.2 Å². The van der Waals surface area contributed by atoms with Crippen LogP contribution < -0.4 is 0 Å². The van der Waals surface area contributed by atoms with Crippen LogP contribution in [-0.2, 0) is 26.2 Å². The summed E-state index contributed by atoms with van der Waals surface area (Å²) in [6.45, 7) is 0. The molecular formula is C22H20I2O2Zr. The van der Waals surface area contributed by atoms with E-state index in [-0.39, 0.29) is 26.2 Å². The Labute approximate surface area is 208 Å². The molecule has 138 valence electrons. The monoisotopic (exact) mass is 660 g/mol. The van der Waals surface area contributed by atoms with Crippen molar-refractivity contribution in [1.82, 2.24) is 0 Å². The molecule has 0 spiro atoms. The Morgan fingerprint density at radius 1 is 0.667 bits per heavy atom. The van der Waals surface area contributed by atoms with Crippen molar-refractivity contribution >= 4 is 45.2 Å². The molecule has 2 aliphatic carbocycles. The van der Waals surface area contributed by atoms with Crippen molar-refractivity contribution in [2.45, 2.75) is 12.8 Å². The molecule has 2 aliphatic rings. The fourth-order valence-corrected chi connectivity index (χ4v) is 2.36. The summed E-state index contributed by atoms with van der Waals surface area (Å²) in [7, 11) is 0. The number of rotatable bonds is 0. The molecule has 27 heavy (non-hydrogen) atoms. The largest absolute Gasteiger partial charge is 2.00 e. The van der Waals surface area contributed by atoms with Gasteiger partial charge in [-0.15, -0.1) is 12.8 Å². The summed E-state index contributed by atoms with van der Waals surface area (Å²) < 4.78 is 1.79. The third kappa shape index (κ3) is 14.1. The van der Waals surface area contributed by atoms with Crippen LogP contribution in [0.4, 0.5) is 0 Å². The molecule has 0 bridgehead atoms. The molecule has 0 saturated heterocycles. The molecule has 0 radical (unpaired) electrons. The minimum absolute atomic E-state index is 0. The van der Waals surface area contributed by atoms with Crippen LogP contribution in [0.2, 0.25) is 0 Å². The maximum atomic E-state index is 8.91. The van der Waals surface area contributed by atoms with E-state index >= 15 is 0 Å². The number of hydrogen-bond donors (Lipinski definition) is 2. The molecule has 0 fully saturated rings. The van der Waals surface area contributed by atoms with Gasteiger partial charge in [0, 0.05) is 0 Å². The Bertz CT molecular complexity index is 641. The molecule has 0 heterocycles. The van der Waals surface area contributed by atoms with Crippen molar-refractivity contribution in [3.05, 3.63) is 104 Å². The number of hydrogen-bond acceptors (Lipinski definition) is 2. The Morgan fingerprint density at radius 2 is 1.04 bits per heavy atom. The molecule has 0 aliphatic heterocycles. The smallest absolute Gasteiger partial charge is 0.507 e. The van der Waals surface area contributed by atoms with Crippen molar-refractivity contribution in [2.24, 2.45) is 0 Å². The van der Waals surface area contributed by atoms with Crippen molar-refractivity contribution in [3.8, 4) is 11.5 Å². The van der Waals surface area contributed by atoms with Crippen molar-refractivity contribution < 1.29 is 36.4 Å². The summed E-state index contributed by atoms with van der Waals surface area (Å²) in [6, 6.07) is 14.4. The van der Waals surface area contributed by atoms with Crippen LogP contribution in [0.15, 0.2) is 85.0 Å². The average Bonchev–Trinajstić information content (AvgIpc) is 3.39. The second kappa shape index (κ2) is 17.4. The first-order valence-corrected chi connectivity index (χ1v) is 10.1. The number of phenols is 2. The predicted octanol–water partition coefficient (Wildman–Crippen LogP) is 6.60. The summed E-state index contributed by atoms with van der Waals surface area (Å²) >= 11 is 4.15. The van der Waals surface area contributed by atoms with Crippen LogP contribution in [0, 0.1) is 19.3 Å². The number of phenolic OH excluding ortho intramolecular Hbond substituents is 2. The summed E-state index contributed by atoms with van der Waals surface area (Å²) in [5, 5.41) is 17.8. The SMILES string of the molecule is Oc1ccccc1I.Oc1ccccc1I.[C-]1=CC=CC1.[C-]1=CC=CC1.[Zr+2]. The fraction of sp³-hybridized carbons (Fsp3) is 0.0909. The molecule has 2 aromatic rings. The van der Waals surface area contributed by atoms with Crippen LogP contribution in [0.3, 0.4) is 0 Å². The van der Waals surface area contributed by atoms with Gasteiger partial charge in [-0.1, -0.05) is 24.3 Å². The zero-order chi connectivity index (χ0) is 19.0. The van der Waals surface area contributed by atoms with E-state index in [0.29, 0.717) is 11.5 Å². The second-order valence-corrected chi connectivity index (χ2v) is 7.23. The standard InChI is InChI=1S/2C6H5IO.2C5H5.Zr/c2*7-5-3-1-2-4-6(5)8;2*1-2-4-5-3-1;/h2*1-4,8H;2*1-3H,4H2;/q;;2*-1;+2. The average molecular weight is 661 g/mol. The Kier molecular flexibility index (Phi) is 17.0. The van der Waals surface area contributed by atoms with Gasteiger partial charge >= 0.3 is 26.2 Å². The minimum atomic E-state index is 0. The molecule has 2 aromatic carbocycles. The van der Waals surface area contributed by atoms with Crippen molar-refractivity contribution in [1.29, 1.82) is 0 Å². The third-order valence-corrected chi connectivity index (χ3v) is 4.70. The van der Waals surface area contributed by atoms with Gasteiger partial charge in [0.2, 0.25) is 0 Å². The van der Waals surface area contributed by atoms with E-state index in [1.807, 2.05) is 48.6 Å². The van der Waals surface area contributed by atoms with E-state index in [1.165, 1.54) is 0 Å². The Balaban J connectivity index is 0.000000337. The minimum Gasteiger partial charge on any atom is -0.507 e. The number of benzene rings is 2. The van der Waals surface area contributed by atoms with Crippen molar-refractivity contribution in [3.63, 3.8) is 0 Å². The van der Waals surface area contributed by atoms with Gasteiger partial charge in [-0.25, -0.2) is 24.3 Å². The number of aromatic hydroxyl groups is 2. The van der Waals surface area contributed by atoms with E-state index in [9.17, 15) is 0 Å².